The van der Waals surface area contributed by atoms with E-state index < -0.39 is 0 Å². The van der Waals surface area contributed by atoms with Crippen LogP contribution in [0.2, 0.25) is 0 Å². The molecule has 0 saturated carbocycles. The van der Waals surface area contributed by atoms with E-state index >= 15 is 0 Å². The SMILES string of the molecule is O=C(CCc1ccc(-c2ccccc2)[nH]1)NC1=NCCS1. The van der Waals surface area contributed by atoms with E-state index in [4.69, 9.17) is 0 Å². The average Bonchev–Trinajstić information content (AvgIpc) is 3.17. The molecule has 0 bridgehead atoms. The summed E-state index contributed by atoms with van der Waals surface area (Å²) in [6, 6.07) is 14.3. The smallest absolute Gasteiger partial charge is 0.226 e. The van der Waals surface area contributed by atoms with E-state index in [-0.39, 0.29) is 5.91 Å². The zero-order valence-electron chi connectivity index (χ0n) is 11.6. The molecule has 21 heavy (non-hydrogen) atoms. The second-order valence-corrected chi connectivity index (χ2v) is 5.93. The number of amides is 1. The topological polar surface area (TPSA) is 57.2 Å². The average molecular weight is 299 g/mol. The van der Waals surface area contributed by atoms with Crippen LogP contribution < -0.4 is 5.32 Å². The number of hydrogen-bond donors (Lipinski definition) is 2. The first-order chi connectivity index (χ1) is 10.3. The minimum atomic E-state index is 0.0269. The van der Waals surface area contributed by atoms with Crippen molar-refractivity contribution in [3.8, 4) is 11.3 Å². The fraction of sp³-hybridized carbons (Fsp3) is 0.250. The molecule has 108 valence electrons. The number of benzene rings is 1. The van der Waals surface area contributed by atoms with Crippen LogP contribution in [0.3, 0.4) is 0 Å². The molecule has 0 atom stereocenters. The van der Waals surface area contributed by atoms with Crippen LogP contribution in [-0.2, 0) is 11.2 Å². The first-order valence-electron chi connectivity index (χ1n) is 7.02. The molecule has 4 nitrogen and oxygen atoms in total. The molecule has 1 aliphatic rings. The maximum atomic E-state index is 11.8. The Bertz CT molecular complexity index is 649. The first kappa shape index (κ1) is 13.9. The molecule has 2 heterocycles. The maximum absolute atomic E-state index is 11.8. The third-order valence-corrected chi connectivity index (χ3v) is 4.18. The van der Waals surface area contributed by atoms with Crippen LogP contribution in [0.25, 0.3) is 11.3 Å². The van der Waals surface area contributed by atoms with Crippen LogP contribution in [0, 0.1) is 0 Å². The molecular weight excluding hydrogens is 282 g/mol. The monoisotopic (exact) mass is 299 g/mol. The number of aryl methyl sites for hydroxylation is 1. The standard InChI is InChI=1S/C16H17N3OS/c20-15(19-16-17-10-11-21-16)9-7-13-6-8-14(18-13)12-4-2-1-3-5-12/h1-6,8,18H,7,9-11H2,(H,17,19,20). The Kier molecular flexibility index (Phi) is 4.40. The number of amidine groups is 1. The summed E-state index contributed by atoms with van der Waals surface area (Å²) in [6.07, 6.45) is 1.17. The Labute approximate surface area is 128 Å². The van der Waals surface area contributed by atoms with Crippen molar-refractivity contribution in [1.82, 2.24) is 10.3 Å². The van der Waals surface area contributed by atoms with Crippen molar-refractivity contribution in [1.29, 1.82) is 0 Å². The number of thioether (sulfide) groups is 1. The molecule has 3 rings (SSSR count). The Morgan fingerprint density at radius 3 is 2.86 bits per heavy atom. The molecule has 1 amide bonds. The van der Waals surface area contributed by atoms with E-state index in [1.807, 2.05) is 24.3 Å². The van der Waals surface area contributed by atoms with E-state index in [0.717, 1.165) is 34.4 Å². The lowest BCUT2D eigenvalue weighted by Gasteiger charge is -2.03. The van der Waals surface area contributed by atoms with Crippen molar-refractivity contribution < 1.29 is 4.79 Å². The second-order valence-electron chi connectivity index (χ2n) is 4.85. The van der Waals surface area contributed by atoms with E-state index in [1.54, 1.807) is 11.8 Å². The highest BCUT2D eigenvalue weighted by Crippen LogP contribution is 2.18. The number of nitrogens with zero attached hydrogens (tertiary/aromatic N) is 1. The summed E-state index contributed by atoms with van der Waals surface area (Å²) in [7, 11) is 0. The molecule has 0 fully saturated rings. The lowest BCUT2D eigenvalue weighted by Crippen LogP contribution is -2.27. The Morgan fingerprint density at radius 1 is 1.24 bits per heavy atom. The van der Waals surface area contributed by atoms with Gasteiger partial charge < -0.3 is 10.3 Å². The number of rotatable bonds is 4. The van der Waals surface area contributed by atoms with Crippen molar-refractivity contribution >= 4 is 22.8 Å². The number of H-pyrrole nitrogens is 1. The third kappa shape index (κ3) is 3.76. The molecule has 1 aromatic heterocycles. The van der Waals surface area contributed by atoms with Gasteiger partial charge in [0.2, 0.25) is 5.91 Å². The molecule has 2 aromatic rings. The van der Waals surface area contributed by atoms with E-state index in [2.05, 4.69) is 33.5 Å². The van der Waals surface area contributed by atoms with Crippen LogP contribution in [0.15, 0.2) is 47.5 Å². The Morgan fingerprint density at radius 2 is 2.10 bits per heavy atom. The van der Waals surface area contributed by atoms with Gasteiger partial charge in [0.25, 0.3) is 0 Å². The summed E-state index contributed by atoms with van der Waals surface area (Å²) >= 11 is 1.60. The molecule has 0 unspecified atom stereocenters. The number of aromatic nitrogens is 1. The van der Waals surface area contributed by atoms with Gasteiger partial charge in [-0.15, -0.1) is 0 Å². The van der Waals surface area contributed by atoms with Gasteiger partial charge in [0.15, 0.2) is 5.17 Å². The van der Waals surface area contributed by atoms with Crippen molar-refractivity contribution in [2.45, 2.75) is 12.8 Å². The summed E-state index contributed by atoms with van der Waals surface area (Å²) in [5.74, 6) is 0.992. The molecule has 5 heteroatoms. The second kappa shape index (κ2) is 6.63. The summed E-state index contributed by atoms with van der Waals surface area (Å²) in [5.41, 5.74) is 3.32. The van der Waals surface area contributed by atoms with Crippen molar-refractivity contribution in [3.63, 3.8) is 0 Å². The van der Waals surface area contributed by atoms with E-state index in [0.29, 0.717) is 12.8 Å². The van der Waals surface area contributed by atoms with Crippen LogP contribution >= 0.6 is 11.8 Å². The number of carbonyl (C=O) groups is 1. The van der Waals surface area contributed by atoms with E-state index in [1.165, 1.54) is 0 Å². The quantitative estimate of drug-likeness (QED) is 0.912. The zero-order chi connectivity index (χ0) is 14.5. The Balaban J connectivity index is 1.54. The molecule has 1 aromatic carbocycles. The highest BCUT2D eigenvalue weighted by molar-refractivity contribution is 8.14. The summed E-state index contributed by atoms with van der Waals surface area (Å²) < 4.78 is 0. The summed E-state index contributed by atoms with van der Waals surface area (Å²) in [4.78, 5) is 19.4. The van der Waals surface area contributed by atoms with Gasteiger partial charge in [0.1, 0.15) is 0 Å². The third-order valence-electron chi connectivity index (χ3n) is 3.28. The minimum Gasteiger partial charge on any atom is -0.358 e. The number of aromatic amines is 1. The predicted molar refractivity (Wildman–Crippen MR) is 87.5 cm³/mol. The van der Waals surface area contributed by atoms with Gasteiger partial charge >= 0.3 is 0 Å². The molecule has 2 N–H and O–H groups in total. The number of nitrogens with one attached hydrogen (secondary N) is 2. The van der Waals surface area contributed by atoms with Gasteiger partial charge in [0.05, 0.1) is 6.54 Å². The largest absolute Gasteiger partial charge is 0.358 e. The van der Waals surface area contributed by atoms with Gasteiger partial charge in [-0.3, -0.25) is 9.79 Å². The van der Waals surface area contributed by atoms with Gasteiger partial charge in [-0.1, -0.05) is 42.1 Å². The number of hydrogen-bond acceptors (Lipinski definition) is 3. The molecular formula is C16H17N3OS. The maximum Gasteiger partial charge on any atom is 0.226 e. The number of aliphatic imine (C=N–C) groups is 1. The van der Waals surface area contributed by atoms with Gasteiger partial charge in [0, 0.05) is 23.6 Å². The van der Waals surface area contributed by atoms with Crippen LogP contribution in [0.5, 0.6) is 0 Å². The van der Waals surface area contributed by atoms with Crippen LogP contribution in [0.4, 0.5) is 0 Å². The summed E-state index contributed by atoms with van der Waals surface area (Å²) in [5, 5.41) is 3.61. The van der Waals surface area contributed by atoms with Gasteiger partial charge in [-0.25, -0.2) is 0 Å². The zero-order valence-corrected chi connectivity index (χ0v) is 12.5. The van der Waals surface area contributed by atoms with Crippen LogP contribution in [0.1, 0.15) is 12.1 Å². The fourth-order valence-electron chi connectivity index (χ4n) is 2.21. The highest BCUT2D eigenvalue weighted by atomic mass is 32.2. The molecule has 1 aliphatic heterocycles. The van der Waals surface area contributed by atoms with Gasteiger partial charge in [-0.2, -0.15) is 0 Å². The van der Waals surface area contributed by atoms with E-state index in [9.17, 15) is 4.79 Å². The van der Waals surface area contributed by atoms with Crippen molar-refractivity contribution in [2.75, 3.05) is 12.3 Å². The highest BCUT2D eigenvalue weighted by Gasteiger charge is 2.11. The molecule has 0 aliphatic carbocycles. The lowest BCUT2D eigenvalue weighted by molar-refractivity contribution is -0.119. The predicted octanol–water partition coefficient (Wildman–Crippen LogP) is 2.83. The van der Waals surface area contributed by atoms with Crippen molar-refractivity contribution in [3.05, 3.63) is 48.2 Å². The summed E-state index contributed by atoms with van der Waals surface area (Å²) in [6.45, 7) is 0.803. The molecule has 0 spiro atoms. The fourth-order valence-corrected chi connectivity index (χ4v) is 2.96. The lowest BCUT2D eigenvalue weighted by atomic mass is 10.2. The normalized spacial score (nSPS) is 14.0. The minimum absolute atomic E-state index is 0.0269. The van der Waals surface area contributed by atoms with Crippen LogP contribution in [-0.4, -0.2) is 28.4 Å². The van der Waals surface area contributed by atoms with Crippen molar-refractivity contribution in [2.24, 2.45) is 4.99 Å². The Hall–Kier alpha value is -2.01. The first-order valence-corrected chi connectivity index (χ1v) is 8.00. The van der Waals surface area contributed by atoms with Gasteiger partial charge in [-0.05, 0) is 24.1 Å². The molecule has 0 radical (unpaired) electrons. The molecule has 0 saturated heterocycles. The number of carbonyl (C=O) groups excluding carboxylic acids is 1.